The van der Waals surface area contributed by atoms with Gasteiger partial charge in [-0.2, -0.15) is 10.1 Å². The second-order valence-electron chi connectivity index (χ2n) is 5.45. The van der Waals surface area contributed by atoms with Crippen LogP contribution in [0.25, 0.3) is 0 Å². The van der Waals surface area contributed by atoms with Gasteiger partial charge in [0.05, 0.1) is 6.20 Å². The van der Waals surface area contributed by atoms with Gasteiger partial charge in [0, 0.05) is 12.2 Å². The molecule has 1 N–H and O–H groups in total. The van der Waals surface area contributed by atoms with Crippen LogP contribution in [0.1, 0.15) is 12.5 Å². The highest BCUT2D eigenvalue weighted by Gasteiger charge is 2.14. The van der Waals surface area contributed by atoms with Gasteiger partial charge in [-0.15, -0.1) is 5.10 Å². The van der Waals surface area contributed by atoms with Gasteiger partial charge in [-0.3, -0.25) is 0 Å². The Bertz CT molecular complexity index is 865. The van der Waals surface area contributed by atoms with Crippen molar-refractivity contribution < 1.29 is 8.78 Å². The summed E-state index contributed by atoms with van der Waals surface area (Å²) in [6, 6.07) is 11.5. The number of hydrogen-bond acceptors (Lipinski definition) is 5. The second-order valence-corrected chi connectivity index (χ2v) is 5.45. The summed E-state index contributed by atoms with van der Waals surface area (Å²) in [5.74, 6) is -0.854. The average Bonchev–Trinajstić information content (AvgIpc) is 2.60. The molecule has 0 fully saturated rings. The first-order chi connectivity index (χ1) is 12.1. The molecule has 0 aliphatic heterocycles. The molecule has 0 saturated heterocycles. The van der Waals surface area contributed by atoms with E-state index in [4.69, 9.17) is 0 Å². The monoisotopic (exact) mass is 341 g/mol. The maximum Gasteiger partial charge on any atom is 0.251 e. The molecule has 0 atom stereocenters. The molecule has 0 spiro atoms. The number of para-hydroxylation sites is 1. The lowest BCUT2D eigenvalue weighted by molar-refractivity contribution is 0.590. The third kappa shape index (κ3) is 3.71. The van der Waals surface area contributed by atoms with E-state index in [0.29, 0.717) is 12.5 Å². The van der Waals surface area contributed by atoms with Crippen LogP contribution in [0.4, 0.5) is 31.9 Å². The largest absolute Gasteiger partial charge is 0.334 e. The minimum Gasteiger partial charge on any atom is -0.334 e. The van der Waals surface area contributed by atoms with Crippen LogP contribution in [0.5, 0.6) is 0 Å². The van der Waals surface area contributed by atoms with Crippen molar-refractivity contribution in [2.75, 3.05) is 16.8 Å². The summed E-state index contributed by atoms with van der Waals surface area (Å²) in [5.41, 5.74) is 1.75. The molecule has 0 amide bonds. The molecule has 2 aromatic carbocycles. The fourth-order valence-electron chi connectivity index (χ4n) is 2.45. The van der Waals surface area contributed by atoms with Crippen molar-refractivity contribution in [3.8, 4) is 0 Å². The Morgan fingerprint density at radius 1 is 1.08 bits per heavy atom. The van der Waals surface area contributed by atoms with Crippen LogP contribution in [0.2, 0.25) is 0 Å². The Hall–Kier alpha value is -3.09. The van der Waals surface area contributed by atoms with E-state index in [-0.39, 0.29) is 11.5 Å². The number of aryl methyl sites for hydroxylation is 1. The molecule has 3 aromatic rings. The Morgan fingerprint density at radius 2 is 1.80 bits per heavy atom. The third-order valence-electron chi connectivity index (χ3n) is 3.63. The molecule has 128 valence electrons. The number of nitrogens with one attached hydrogen (secondary N) is 1. The minimum absolute atomic E-state index is 0.208. The predicted octanol–water partition coefficient (Wildman–Crippen LogP) is 4.36. The summed E-state index contributed by atoms with van der Waals surface area (Å²) < 4.78 is 27.6. The molecular formula is C18H17F2N5. The van der Waals surface area contributed by atoms with Crippen molar-refractivity contribution in [2.24, 2.45) is 0 Å². The van der Waals surface area contributed by atoms with Crippen LogP contribution < -0.4 is 10.2 Å². The Kier molecular flexibility index (Phi) is 4.83. The topological polar surface area (TPSA) is 53.9 Å². The highest BCUT2D eigenvalue weighted by molar-refractivity contribution is 5.61. The van der Waals surface area contributed by atoms with Gasteiger partial charge in [-0.05, 0) is 43.7 Å². The SMILES string of the molecule is CCN(c1cccc(C)c1)c1nncc(Nc2c(F)cccc2F)n1. The average molecular weight is 341 g/mol. The molecule has 0 aliphatic rings. The summed E-state index contributed by atoms with van der Waals surface area (Å²) in [7, 11) is 0. The Balaban J connectivity index is 1.93. The first kappa shape index (κ1) is 16.8. The van der Waals surface area contributed by atoms with Crippen molar-refractivity contribution in [2.45, 2.75) is 13.8 Å². The Labute approximate surface area is 144 Å². The minimum atomic E-state index is -0.703. The van der Waals surface area contributed by atoms with E-state index in [2.05, 4.69) is 20.5 Å². The van der Waals surface area contributed by atoms with E-state index in [0.717, 1.165) is 11.3 Å². The maximum atomic E-state index is 13.8. The smallest absolute Gasteiger partial charge is 0.251 e. The molecule has 1 aromatic heterocycles. The molecular weight excluding hydrogens is 324 g/mol. The van der Waals surface area contributed by atoms with E-state index in [1.165, 1.54) is 24.4 Å². The molecule has 7 heteroatoms. The molecule has 0 unspecified atom stereocenters. The van der Waals surface area contributed by atoms with Crippen LogP contribution in [0.3, 0.4) is 0 Å². The normalized spacial score (nSPS) is 10.6. The van der Waals surface area contributed by atoms with Crippen LogP contribution in [-0.4, -0.2) is 21.7 Å². The van der Waals surface area contributed by atoms with Crippen LogP contribution in [-0.2, 0) is 0 Å². The van der Waals surface area contributed by atoms with Crippen LogP contribution in [0.15, 0.2) is 48.7 Å². The second kappa shape index (κ2) is 7.21. The molecule has 0 bridgehead atoms. The van der Waals surface area contributed by atoms with Crippen molar-refractivity contribution >= 4 is 23.1 Å². The molecule has 25 heavy (non-hydrogen) atoms. The van der Waals surface area contributed by atoms with E-state index in [9.17, 15) is 8.78 Å². The molecule has 1 heterocycles. The van der Waals surface area contributed by atoms with E-state index >= 15 is 0 Å². The number of rotatable bonds is 5. The number of benzene rings is 2. The summed E-state index contributed by atoms with van der Waals surface area (Å²) in [5, 5.41) is 10.6. The van der Waals surface area contributed by atoms with Crippen molar-refractivity contribution in [1.29, 1.82) is 0 Å². The predicted molar refractivity (Wildman–Crippen MR) is 93.3 cm³/mol. The highest BCUT2D eigenvalue weighted by atomic mass is 19.1. The third-order valence-corrected chi connectivity index (χ3v) is 3.63. The first-order valence-electron chi connectivity index (χ1n) is 7.83. The zero-order valence-electron chi connectivity index (χ0n) is 13.9. The quantitative estimate of drug-likeness (QED) is 0.747. The molecule has 0 aliphatic carbocycles. The Morgan fingerprint density at radius 3 is 2.48 bits per heavy atom. The molecule has 5 nitrogen and oxygen atoms in total. The molecule has 3 rings (SSSR count). The van der Waals surface area contributed by atoms with E-state index in [1.54, 1.807) is 0 Å². The maximum absolute atomic E-state index is 13.8. The fraction of sp³-hybridized carbons (Fsp3) is 0.167. The van der Waals surface area contributed by atoms with Crippen LogP contribution >= 0.6 is 0 Å². The van der Waals surface area contributed by atoms with Gasteiger partial charge in [0.15, 0.2) is 5.82 Å². The number of hydrogen-bond donors (Lipinski definition) is 1. The van der Waals surface area contributed by atoms with Crippen molar-refractivity contribution in [1.82, 2.24) is 15.2 Å². The van der Waals surface area contributed by atoms with Gasteiger partial charge < -0.3 is 10.2 Å². The van der Waals surface area contributed by atoms with Gasteiger partial charge in [0.2, 0.25) is 0 Å². The van der Waals surface area contributed by atoms with E-state index < -0.39 is 11.6 Å². The van der Waals surface area contributed by atoms with Gasteiger partial charge >= 0.3 is 0 Å². The standard InChI is InChI=1S/C18H17F2N5/c1-3-25(13-7-4-6-12(2)10-13)18-23-16(11-21-24-18)22-17-14(19)8-5-9-15(17)20/h4-11H,3H2,1-2H3,(H,22,23,24). The summed E-state index contributed by atoms with van der Waals surface area (Å²) in [6.07, 6.45) is 1.32. The lowest BCUT2D eigenvalue weighted by atomic mass is 10.2. The molecule has 0 saturated carbocycles. The molecule has 0 radical (unpaired) electrons. The summed E-state index contributed by atoms with van der Waals surface area (Å²) >= 11 is 0. The van der Waals surface area contributed by atoms with E-state index in [1.807, 2.05) is 43.0 Å². The zero-order valence-corrected chi connectivity index (χ0v) is 13.9. The zero-order chi connectivity index (χ0) is 17.8. The summed E-state index contributed by atoms with van der Waals surface area (Å²) in [4.78, 5) is 6.20. The van der Waals surface area contributed by atoms with Crippen molar-refractivity contribution in [3.05, 3.63) is 65.9 Å². The van der Waals surface area contributed by atoms with Crippen molar-refractivity contribution in [3.63, 3.8) is 0 Å². The van der Waals surface area contributed by atoms with Gasteiger partial charge in [0.25, 0.3) is 5.95 Å². The van der Waals surface area contributed by atoms with Crippen LogP contribution in [0, 0.1) is 18.6 Å². The first-order valence-corrected chi connectivity index (χ1v) is 7.83. The lowest BCUT2D eigenvalue weighted by Crippen LogP contribution is -2.20. The lowest BCUT2D eigenvalue weighted by Gasteiger charge is -2.21. The van der Waals surface area contributed by atoms with Gasteiger partial charge in [-0.25, -0.2) is 8.78 Å². The number of halogens is 2. The fourth-order valence-corrected chi connectivity index (χ4v) is 2.45. The van der Waals surface area contributed by atoms with Gasteiger partial charge in [0.1, 0.15) is 17.3 Å². The number of aromatic nitrogens is 3. The summed E-state index contributed by atoms with van der Waals surface area (Å²) in [6.45, 7) is 4.57. The van der Waals surface area contributed by atoms with Gasteiger partial charge in [-0.1, -0.05) is 18.2 Å². The highest BCUT2D eigenvalue weighted by Crippen LogP contribution is 2.25. The number of nitrogens with zero attached hydrogens (tertiary/aromatic N) is 4. The number of anilines is 4.